The Morgan fingerprint density at radius 2 is 1.35 bits per heavy atom. The summed E-state index contributed by atoms with van der Waals surface area (Å²) >= 11 is 0. The molecule has 2 N–H and O–H groups in total. The lowest BCUT2D eigenvalue weighted by Gasteiger charge is -2.13. The van der Waals surface area contributed by atoms with Crippen molar-refractivity contribution in [2.75, 3.05) is 0 Å². The molecule has 0 aliphatic heterocycles. The molecule has 0 amide bonds. The summed E-state index contributed by atoms with van der Waals surface area (Å²) < 4.78 is 12.9. The van der Waals surface area contributed by atoms with Gasteiger partial charge in [0.2, 0.25) is 0 Å². The van der Waals surface area contributed by atoms with E-state index < -0.39 is 0 Å². The molecule has 2 rings (SSSR count). The predicted molar refractivity (Wildman–Crippen MR) is 82.0 cm³/mol. The normalized spacial score (nSPS) is 12.7. The summed E-state index contributed by atoms with van der Waals surface area (Å²) in [6.45, 7) is 4.43. The topological polar surface area (TPSA) is 26.0 Å². The standard InChI is InChI=1S/C18H22FN/c1-13(2)11-14-3-7-16(8-4-14)18(20)12-15-5-9-17(19)10-6-15/h3-10,13,18H,11-12,20H2,1-2H3. The summed E-state index contributed by atoms with van der Waals surface area (Å²) in [5, 5.41) is 0. The van der Waals surface area contributed by atoms with Crippen molar-refractivity contribution in [3.8, 4) is 0 Å². The molecule has 0 aliphatic rings. The van der Waals surface area contributed by atoms with Crippen LogP contribution in [0.15, 0.2) is 48.5 Å². The Balaban J connectivity index is 2.01. The van der Waals surface area contributed by atoms with Crippen LogP contribution in [0.5, 0.6) is 0 Å². The molecule has 1 unspecified atom stereocenters. The third kappa shape index (κ3) is 4.17. The predicted octanol–water partition coefficient (Wildman–Crippen LogP) is 4.27. The molecule has 0 aromatic heterocycles. The quantitative estimate of drug-likeness (QED) is 0.863. The molecule has 0 aliphatic carbocycles. The molecule has 0 saturated carbocycles. The lowest BCUT2D eigenvalue weighted by atomic mass is 9.96. The first kappa shape index (κ1) is 14.7. The van der Waals surface area contributed by atoms with Gasteiger partial charge in [-0.3, -0.25) is 0 Å². The van der Waals surface area contributed by atoms with Gasteiger partial charge in [0.05, 0.1) is 0 Å². The van der Waals surface area contributed by atoms with Crippen LogP contribution < -0.4 is 5.73 Å². The van der Waals surface area contributed by atoms with E-state index in [0.717, 1.165) is 24.0 Å². The Hall–Kier alpha value is -1.67. The molecular formula is C18H22FN. The smallest absolute Gasteiger partial charge is 0.123 e. The maximum Gasteiger partial charge on any atom is 0.123 e. The van der Waals surface area contributed by atoms with E-state index in [1.54, 1.807) is 12.1 Å². The number of rotatable bonds is 5. The van der Waals surface area contributed by atoms with Gasteiger partial charge < -0.3 is 5.73 Å². The van der Waals surface area contributed by atoms with Gasteiger partial charge in [0.25, 0.3) is 0 Å². The summed E-state index contributed by atoms with van der Waals surface area (Å²) in [7, 11) is 0. The molecule has 0 saturated heterocycles. The van der Waals surface area contributed by atoms with Crippen molar-refractivity contribution in [1.29, 1.82) is 0 Å². The van der Waals surface area contributed by atoms with E-state index in [1.165, 1.54) is 17.7 Å². The van der Waals surface area contributed by atoms with Gasteiger partial charge in [-0.25, -0.2) is 4.39 Å². The van der Waals surface area contributed by atoms with E-state index in [2.05, 4.69) is 38.1 Å². The number of nitrogens with two attached hydrogens (primary N) is 1. The van der Waals surface area contributed by atoms with Crippen LogP contribution in [0.25, 0.3) is 0 Å². The number of benzene rings is 2. The van der Waals surface area contributed by atoms with Crippen LogP contribution in [-0.4, -0.2) is 0 Å². The van der Waals surface area contributed by atoms with Crippen molar-refractivity contribution in [3.05, 3.63) is 71.0 Å². The molecular weight excluding hydrogens is 249 g/mol. The zero-order valence-corrected chi connectivity index (χ0v) is 12.1. The second-order valence-electron chi connectivity index (χ2n) is 5.78. The second kappa shape index (κ2) is 6.67. The maximum atomic E-state index is 12.9. The molecule has 0 radical (unpaired) electrons. The Morgan fingerprint density at radius 3 is 1.90 bits per heavy atom. The highest BCUT2D eigenvalue weighted by molar-refractivity contribution is 5.27. The maximum absolute atomic E-state index is 12.9. The highest BCUT2D eigenvalue weighted by Gasteiger charge is 2.07. The highest BCUT2D eigenvalue weighted by Crippen LogP contribution is 2.18. The number of hydrogen-bond acceptors (Lipinski definition) is 1. The number of halogens is 1. The minimum Gasteiger partial charge on any atom is -0.324 e. The fourth-order valence-electron chi connectivity index (χ4n) is 2.36. The van der Waals surface area contributed by atoms with Crippen LogP contribution in [-0.2, 0) is 12.8 Å². The van der Waals surface area contributed by atoms with Crippen LogP contribution in [0.2, 0.25) is 0 Å². The second-order valence-corrected chi connectivity index (χ2v) is 5.78. The SMILES string of the molecule is CC(C)Cc1ccc(C(N)Cc2ccc(F)cc2)cc1. The monoisotopic (exact) mass is 271 g/mol. The molecule has 0 bridgehead atoms. The molecule has 0 heterocycles. The van der Waals surface area contributed by atoms with Crippen molar-refractivity contribution in [2.24, 2.45) is 11.7 Å². The largest absolute Gasteiger partial charge is 0.324 e. The third-order valence-corrected chi connectivity index (χ3v) is 3.42. The van der Waals surface area contributed by atoms with Crippen LogP contribution in [0.3, 0.4) is 0 Å². The van der Waals surface area contributed by atoms with Crippen LogP contribution in [0.1, 0.15) is 36.6 Å². The first-order chi connectivity index (χ1) is 9.54. The zero-order valence-electron chi connectivity index (χ0n) is 12.1. The lowest BCUT2D eigenvalue weighted by Crippen LogP contribution is -2.13. The summed E-state index contributed by atoms with van der Waals surface area (Å²) in [6.07, 6.45) is 1.82. The van der Waals surface area contributed by atoms with E-state index in [1.807, 2.05) is 0 Å². The van der Waals surface area contributed by atoms with Gasteiger partial charge in [-0.2, -0.15) is 0 Å². The average molecular weight is 271 g/mol. The van der Waals surface area contributed by atoms with E-state index in [-0.39, 0.29) is 11.9 Å². The van der Waals surface area contributed by atoms with Gasteiger partial charge in [-0.1, -0.05) is 50.2 Å². The van der Waals surface area contributed by atoms with Crippen molar-refractivity contribution < 1.29 is 4.39 Å². The van der Waals surface area contributed by atoms with E-state index in [0.29, 0.717) is 5.92 Å². The van der Waals surface area contributed by atoms with Crippen molar-refractivity contribution in [3.63, 3.8) is 0 Å². The summed E-state index contributed by atoms with van der Waals surface area (Å²) in [5.41, 5.74) is 9.75. The minimum absolute atomic E-state index is 0.0476. The lowest BCUT2D eigenvalue weighted by molar-refractivity contribution is 0.625. The fourth-order valence-corrected chi connectivity index (χ4v) is 2.36. The fraction of sp³-hybridized carbons (Fsp3) is 0.333. The first-order valence-electron chi connectivity index (χ1n) is 7.13. The Kier molecular flexibility index (Phi) is 4.91. The van der Waals surface area contributed by atoms with Gasteiger partial charge >= 0.3 is 0 Å². The van der Waals surface area contributed by atoms with Crippen molar-refractivity contribution in [1.82, 2.24) is 0 Å². The molecule has 2 aromatic rings. The third-order valence-electron chi connectivity index (χ3n) is 3.42. The average Bonchev–Trinajstić information content (AvgIpc) is 2.41. The Labute approximate surface area is 120 Å². The van der Waals surface area contributed by atoms with E-state index >= 15 is 0 Å². The molecule has 20 heavy (non-hydrogen) atoms. The summed E-state index contributed by atoms with van der Waals surface area (Å²) in [6, 6.07) is 15.0. The molecule has 0 spiro atoms. The highest BCUT2D eigenvalue weighted by atomic mass is 19.1. The van der Waals surface area contributed by atoms with Gasteiger partial charge in [0, 0.05) is 6.04 Å². The van der Waals surface area contributed by atoms with Gasteiger partial charge in [0.15, 0.2) is 0 Å². The summed E-state index contributed by atoms with van der Waals surface area (Å²) in [5.74, 6) is 0.453. The number of hydrogen-bond donors (Lipinski definition) is 1. The van der Waals surface area contributed by atoms with Crippen molar-refractivity contribution in [2.45, 2.75) is 32.7 Å². The minimum atomic E-state index is -0.208. The van der Waals surface area contributed by atoms with E-state index in [4.69, 9.17) is 5.73 Å². The summed E-state index contributed by atoms with van der Waals surface area (Å²) in [4.78, 5) is 0. The molecule has 2 heteroatoms. The van der Waals surface area contributed by atoms with Crippen molar-refractivity contribution >= 4 is 0 Å². The van der Waals surface area contributed by atoms with Crippen LogP contribution >= 0.6 is 0 Å². The van der Waals surface area contributed by atoms with Crippen LogP contribution in [0, 0.1) is 11.7 Å². The van der Waals surface area contributed by atoms with Gasteiger partial charge in [-0.05, 0) is 47.6 Å². The first-order valence-corrected chi connectivity index (χ1v) is 7.13. The molecule has 0 fully saturated rings. The van der Waals surface area contributed by atoms with Crippen LogP contribution in [0.4, 0.5) is 4.39 Å². The molecule has 106 valence electrons. The van der Waals surface area contributed by atoms with Gasteiger partial charge in [-0.15, -0.1) is 0 Å². The zero-order chi connectivity index (χ0) is 14.5. The van der Waals surface area contributed by atoms with E-state index in [9.17, 15) is 4.39 Å². The molecule has 1 atom stereocenters. The Bertz CT molecular complexity index is 528. The van der Waals surface area contributed by atoms with Gasteiger partial charge in [0.1, 0.15) is 5.82 Å². The molecule has 1 nitrogen and oxygen atoms in total. The Morgan fingerprint density at radius 1 is 0.850 bits per heavy atom. The molecule has 2 aromatic carbocycles.